The van der Waals surface area contributed by atoms with Gasteiger partial charge in [0.15, 0.2) is 0 Å². The summed E-state index contributed by atoms with van der Waals surface area (Å²) in [7, 11) is 1.69. The summed E-state index contributed by atoms with van der Waals surface area (Å²) in [6, 6.07) is 9.21. The summed E-state index contributed by atoms with van der Waals surface area (Å²) in [5.41, 5.74) is 2.54. The zero-order chi connectivity index (χ0) is 13.9. The van der Waals surface area contributed by atoms with Crippen LogP contribution in [0.5, 0.6) is 5.75 Å². The average molecular weight is 271 g/mol. The number of benzene rings is 1. The topological polar surface area (TPSA) is 39.1 Å². The summed E-state index contributed by atoms with van der Waals surface area (Å²) < 4.78 is 7.48. The van der Waals surface area contributed by atoms with Crippen LogP contribution in [-0.2, 0) is 6.54 Å². The highest BCUT2D eigenvalue weighted by Gasteiger charge is 2.25. The van der Waals surface area contributed by atoms with Crippen molar-refractivity contribution >= 4 is 0 Å². The van der Waals surface area contributed by atoms with Gasteiger partial charge in [0.1, 0.15) is 5.75 Å². The summed E-state index contributed by atoms with van der Waals surface area (Å²) >= 11 is 0. The largest absolute Gasteiger partial charge is 0.497 e. The van der Waals surface area contributed by atoms with E-state index in [1.165, 1.54) is 24.1 Å². The van der Waals surface area contributed by atoms with Gasteiger partial charge in [-0.2, -0.15) is 0 Å². The molecule has 1 heterocycles. The van der Waals surface area contributed by atoms with Crippen molar-refractivity contribution < 1.29 is 4.74 Å². The van der Waals surface area contributed by atoms with Crippen LogP contribution in [0.2, 0.25) is 0 Å². The lowest BCUT2D eigenvalue weighted by molar-refractivity contribution is 0.414. The number of hydrogen-bond acceptors (Lipinski definition) is 3. The quantitative estimate of drug-likeness (QED) is 0.877. The summed E-state index contributed by atoms with van der Waals surface area (Å²) in [5, 5.41) is 3.56. The summed E-state index contributed by atoms with van der Waals surface area (Å²) in [6.07, 6.45) is 6.49. The number of ether oxygens (including phenoxy) is 1. The molecular formula is C16H21N3O. The Morgan fingerprint density at radius 1 is 1.35 bits per heavy atom. The molecule has 0 amide bonds. The van der Waals surface area contributed by atoms with Gasteiger partial charge in [-0.3, -0.25) is 0 Å². The van der Waals surface area contributed by atoms with Crippen molar-refractivity contribution in [2.45, 2.75) is 38.4 Å². The molecule has 1 N–H and O–H groups in total. The predicted octanol–water partition coefficient (Wildman–Crippen LogP) is 3.08. The molecule has 0 bridgehead atoms. The van der Waals surface area contributed by atoms with Gasteiger partial charge in [0.2, 0.25) is 0 Å². The lowest BCUT2D eigenvalue weighted by Gasteiger charge is -2.15. The zero-order valence-electron chi connectivity index (χ0n) is 12.0. The van der Waals surface area contributed by atoms with Crippen LogP contribution in [0.1, 0.15) is 43.1 Å². The number of methoxy groups -OCH3 is 1. The maximum atomic E-state index is 5.18. The van der Waals surface area contributed by atoms with E-state index in [0.29, 0.717) is 12.1 Å². The van der Waals surface area contributed by atoms with Crippen LogP contribution in [0.3, 0.4) is 0 Å². The monoisotopic (exact) mass is 271 g/mol. The first-order chi connectivity index (χ1) is 9.78. The first kappa shape index (κ1) is 13.2. The minimum absolute atomic E-state index is 0.309. The number of imidazole rings is 1. The van der Waals surface area contributed by atoms with Gasteiger partial charge in [-0.15, -0.1) is 0 Å². The third-order valence-corrected chi connectivity index (χ3v) is 3.89. The van der Waals surface area contributed by atoms with Crippen molar-refractivity contribution in [3.8, 4) is 5.75 Å². The third kappa shape index (κ3) is 2.85. The van der Waals surface area contributed by atoms with Gasteiger partial charge in [0.25, 0.3) is 0 Å². The number of hydrogen-bond donors (Lipinski definition) is 1. The molecule has 2 aromatic rings. The molecule has 0 spiro atoms. The van der Waals surface area contributed by atoms with E-state index in [1.807, 2.05) is 24.7 Å². The Kier molecular flexibility index (Phi) is 3.74. The van der Waals surface area contributed by atoms with Crippen LogP contribution in [-0.4, -0.2) is 16.7 Å². The van der Waals surface area contributed by atoms with E-state index >= 15 is 0 Å². The Labute approximate surface area is 119 Å². The second-order valence-corrected chi connectivity index (χ2v) is 5.40. The molecule has 106 valence electrons. The van der Waals surface area contributed by atoms with Gasteiger partial charge >= 0.3 is 0 Å². The van der Waals surface area contributed by atoms with Crippen LogP contribution in [0.25, 0.3) is 0 Å². The molecule has 0 radical (unpaired) electrons. The molecule has 1 saturated carbocycles. The highest BCUT2D eigenvalue weighted by molar-refractivity contribution is 5.28. The lowest BCUT2D eigenvalue weighted by atomic mass is 10.1. The molecule has 3 rings (SSSR count). The Morgan fingerprint density at radius 2 is 2.10 bits per heavy atom. The van der Waals surface area contributed by atoms with Gasteiger partial charge in [0.05, 0.1) is 19.1 Å². The SMILES string of the molecule is COc1ccc([C@@H](C)NCc2cncn2C2CC2)cc1. The molecule has 1 fully saturated rings. The van der Waals surface area contributed by atoms with E-state index in [1.54, 1.807) is 7.11 Å². The average Bonchev–Trinajstić information content (AvgIpc) is 3.23. The van der Waals surface area contributed by atoms with Crippen molar-refractivity contribution in [1.29, 1.82) is 0 Å². The third-order valence-electron chi connectivity index (χ3n) is 3.89. The fourth-order valence-corrected chi connectivity index (χ4v) is 2.42. The van der Waals surface area contributed by atoms with Crippen LogP contribution >= 0.6 is 0 Å². The molecule has 4 nitrogen and oxygen atoms in total. The maximum absolute atomic E-state index is 5.18. The van der Waals surface area contributed by atoms with Crippen LogP contribution in [0, 0.1) is 0 Å². The van der Waals surface area contributed by atoms with E-state index in [-0.39, 0.29) is 0 Å². The normalized spacial score (nSPS) is 16.1. The van der Waals surface area contributed by atoms with Crippen LogP contribution in [0.4, 0.5) is 0 Å². The van der Waals surface area contributed by atoms with E-state index in [2.05, 4.69) is 33.9 Å². The lowest BCUT2D eigenvalue weighted by Crippen LogP contribution is -2.19. The maximum Gasteiger partial charge on any atom is 0.118 e. The molecule has 1 atom stereocenters. The number of aromatic nitrogens is 2. The molecule has 1 aliphatic carbocycles. The highest BCUT2D eigenvalue weighted by atomic mass is 16.5. The fraction of sp³-hybridized carbons (Fsp3) is 0.438. The Hall–Kier alpha value is -1.81. The van der Waals surface area contributed by atoms with Crippen LogP contribution < -0.4 is 10.1 Å². The van der Waals surface area contributed by atoms with Crippen molar-refractivity contribution in [2.24, 2.45) is 0 Å². The number of nitrogens with one attached hydrogen (secondary N) is 1. The van der Waals surface area contributed by atoms with Crippen molar-refractivity contribution in [2.75, 3.05) is 7.11 Å². The van der Waals surface area contributed by atoms with E-state index in [4.69, 9.17) is 4.74 Å². The fourth-order valence-electron chi connectivity index (χ4n) is 2.42. The van der Waals surface area contributed by atoms with Crippen molar-refractivity contribution in [3.63, 3.8) is 0 Å². The molecule has 0 unspecified atom stereocenters. The number of nitrogens with zero attached hydrogens (tertiary/aromatic N) is 2. The van der Waals surface area contributed by atoms with Gasteiger partial charge in [-0.05, 0) is 37.5 Å². The minimum Gasteiger partial charge on any atom is -0.497 e. The molecule has 0 aliphatic heterocycles. The van der Waals surface area contributed by atoms with E-state index in [9.17, 15) is 0 Å². The molecule has 4 heteroatoms. The van der Waals surface area contributed by atoms with Crippen LogP contribution in [0.15, 0.2) is 36.8 Å². The summed E-state index contributed by atoms with van der Waals surface area (Å²) in [5.74, 6) is 0.896. The Bertz CT molecular complexity index is 557. The summed E-state index contributed by atoms with van der Waals surface area (Å²) in [6.45, 7) is 3.03. The predicted molar refractivity (Wildman–Crippen MR) is 78.7 cm³/mol. The second kappa shape index (κ2) is 5.67. The van der Waals surface area contributed by atoms with E-state index < -0.39 is 0 Å². The highest BCUT2D eigenvalue weighted by Crippen LogP contribution is 2.35. The summed E-state index contributed by atoms with van der Waals surface area (Å²) in [4.78, 5) is 4.26. The minimum atomic E-state index is 0.309. The van der Waals surface area contributed by atoms with Crippen molar-refractivity contribution in [3.05, 3.63) is 48.0 Å². The second-order valence-electron chi connectivity index (χ2n) is 5.40. The van der Waals surface area contributed by atoms with Gasteiger partial charge in [-0.25, -0.2) is 4.98 Å². The Morgan fingerprint density at radius 3 is 2.75 bits per heavy atom. The van der Waals surface area contributed by atoms with Gasteiger partial charge in [0, 0.05) is 24.8 Å². The molecule has 1 aromatic carbocycles. The molecular weight excluding hydrogens is 250 g/mol. The molecule has 0 saturated heterocycles. The van der Waals surface area contributed by atoms with Crippen molar-refractivity contribution in [1.82, 2.24) is 14.9 Å². The standard InChI is InChI=1S/C16H21N3O/c1-12(13-3-7-16(20-2)8-4-13)18-10-15-9-17-11-19(15)14-5-6-14/h3-4,7-9,11-12,14,18H,5-6,10H2,1-2H3/t12-/m1/s1. The molecule has 1 aliphatic rings. The van der Waals surface area contributed by atoms with Gasteiger partial charge in [-0.1, -0.05) is 12.1 Å². The molecule has 20 heavy (non-hydrogen) atoms. The number of rotatable bonds is 6. The Balaban J connectivity index is 1.60. The molecule has 1 aromatic heterocycles. The smallest absolute Gasteiger partial charge is 0.118 e. The van der Waals surface area contributed by atoms with Gasteiger partial charge < -0.3 is 14.6 Å². The first-order valence-corrected chi connectivity index (χ1v) is 7.16. The first-order valence-electron chi connectivity index (χ1n) is 7.16. The van der Waals surface area contributed by atoms with E-state index in [0.717, 1.165) is 12.3 Å². The zero-order valence-corrected chi connectivity index (χ0v) is 12.0.